The van der Waals surface area contributed by atoms with Crippen LogP contribution in [-0.2, 0) is 20.7 Å². The molecule has 9 nitrogen and oxygen atoms in total. The monoisotopic (exact) mass is 427 g/mol. The number of carbonyl (C=O) groups is 2. The number of aryl methyl sites for hydroxylation is 1. The summed E-state index contributed by atoms with van der Waals surface area (Å²) in [6, 6.07) is 1.86. The summed E-state index contributed by atoms with van der Waals surface area (Å²) in [5.41, 5.74) is 2.47. The van der Waals surface area contributed by atoms with Crippen LogP contribution in [0.5, 0.6) is 0 Å². The lowest BCUT2D eigenvalue weighted by Crippen LogP contribution is -2.41. The van der Waals surface area contributed by atoms with Gasteiger partial charge in [0.15, 0.2) is 5.65 Å². The van der Waals surface area contributed by atoms with Gasteiger partial charge in [-0.1, -0.05) is 0 Å². The molecule has 4 heterocycles. The second kappa shape index (κ2) is 8.11. The summed E-state index contributed by atoms with van der Waals surface area (Å²) in [5.74, 6) is 0.461. The minimum Gasteiger partial charge on any atom is -0.378 e. The second-order valence-electron chi connectivity index (χ2n) is 8.84. The molecule has 5 rings (SSSR count). The Balaban J connectivity index is 1.37. The first-order valence-corrected chi connectivity index (χ1v) is 11.3. The topological polar surface area (TPSA) is 100 Å². The summed E-state index contributed by atoms with van der Waals surface area (Å²) in [6.45, 7) is 4.92. The Morgan fingerprint density at radius 3 is 2.71 bits per heavy atom. The first kappa shape index (κ1) is 20.2. The van der Waals surface area contributed by atoms with Gasteiger partial charge in [0.05, 0.1) is 24.9 Å². The lowest BCUT2D eigenvalue weighted by Gasteiger charge is -2.26. The number of hydrogen-bond donors (Lipinski definition) is 1. The third kappa shape index (κ3) is 3.86. The zero-order chi connectivity index (χ0) is 21.5. The highest BCUT2D eigenvalue weighted by molar-refractivity contribution is 5.81. The van der Waals surface area contributed by atoms with Crippen LogP contribution in [0.2, 0.25) is 0 Å². The van der Waals surface area contributed by atoms with Crippen molar-refractivity contribution in [1.82, 2.24) is 24.4 Å². The van der Waals surface area contributed by atoms with Gasteiger partial charge < -0.3 is 14.5 Å². The van der Waals surface area contributed by atoms with Gasteiger partial charge in [0.2, 0.25) is 11.8 Å². The molecule has 2 saturated heterocycles. The number of likely N-dealkylation sites (tertiary alicyclic amines) is 1. The van der Waals surface area contributed by atoms with Crippen LogP contribution < -0.4 is 5.56 Å². The highest BCUT2D eigenvalue weighted by atomic mass is 16.5. The number of nitrogens with zero attached hydrogens (tertiary/aromatic N) is 4. The quantitative estimate of drug-likeness (QED) is 0.773. The number of nitrogens with one attached hydrogen (secondary N) is 1. The van der Waals surface area contributed by atoms with E-state index in [0.717, 1.165) is 37.9 Å². The second-order valence-corrected chi connectivity index (χ2v) is 8.84. The number of aromatic nitrogens is 3. The van der Waals surface area contributed by atoms with Gasteiger partial charge in [0.1, 0.15) is 0 Å². The molecule has 3 fully saturated rings. The normalized spacial score (nSPS) is 21.8. The first-order valence-electron chi connectivity index (χ1n) is 11.3. The lowest BCUT2D eigenvalue weighted by atomic mass is 10.1. The van der Waals surface area contributed by atoms with Gasteiger partial charge in [-0.25, -0.2) is 9.50 Å². The van der Waals surface area contributed by atoms with Crippen LogP contribution in [0.25, 0.3) is 5.65 Å². The molecular formula is C22H29N5O4. The molecule has 9 heteroatoms. The number of ether oxygens (including phenoxy) is 1. The Morgan fingerprint density at radius 2 is 1.97 bits per heavy atom. The molecule has 2 aliphatic heterocycles. The van der Waals surface area contributed by atoms with E-state index in [0.29, 0.717) is 49.6 Å². The molecule has 2 amide bonds. The van der Waals surface area contributed by atoms with E-state index in [-0.39, 0.29) is 35.8 Å². The van der Waals surface area contributed by atoms with E-state index in [2.05, 4.69) is 10.1 Å². The van der Waals surface area contributed by atoms with Crippen molar-refractivity contribution < 1.29 is 14.3 Å². The molecule has 1 unspecified atom stereocenters. The minimum absolute atomic E-state index is 0.0270. The fourth-order valence-electron chi connectivity index (χ4n) is 4.77. The van der Waals surface area contributed by atoms with Crippen molar-refractivity contribution >= 4 is 17.5 Å². The minimum atomic E-state index is -0.165. The SMILES string of the molecule is Cc1nc2cc(C3CCCN3C(=O)C3CC3)[nH]n2c(=O)c1CCC(=O)N1CCOCC1. The van der Waals surface area contributed by atoms with Crippen LogP contribution >= 0.6 is 0 Å². The number of fused-ring (bicyclic) bond motifs is 1. The van der Waals surface area contributed by atoms with Crippen molar-refractivity contribution in [3.8, 4) is 0 Å². The zero-order valence-electron chi connectivity index (χ0n) is 17.9. The summed E-state index contributed by atoms with van der Waals surface area (Å²) in [7, 11) is 0. The predicted octanol–water partition coefficient (Wildman–Crippen LogP) is 1.20. The van der Waals surface area contributed by atoms with Crippen LogP contribution in [0.4, 0.5) is 0 Å². The standard InChI is InChI=1S/C22H29N5O4/c1-14-16(6-7-20(28)25-9-11-31-12-10-25)22(30)27-19(23-14)13-17(24-27)18-3-2-8-26(18)21(29)15-4-5-15/h13,15,18,24H,2-12H2,1H3. The maximum atomic E-state index is 13.2. The summed E-state index contributed by atoms with van der Waals surface area (Å²) in [4.78, 5) is 46.7. The van der Waals surface area contributed by atoms with E-state index < -0.39 is 0 Å². The number of amides is 2. The van der Waals surface area contributed by atoms with E-state index in [1.165, 1.54) is 4.52 Å². The van der Waals surface area contributed by atoms with E-state index >= 15 is 0 Å². The Labute approximate surface area is 180 Å². The van der Waals surface area contributed by atoms with E-state index in [1.807, 2.05) is 17.9 Å². The summed E-state index contributed by atoms with van der Waals surface area (Å²) >= 11 is 0. The number of morpholine rings is 1. The molecule has 2 aromatic heterocycles. The molecule has 1 atom stereocenters. The van der Waals surface area contributed by atoms with Gasteiger partial charge in [0.25, 0.3) is 5.56 Å². The molecule has 0 spiro atoms. The maximum Gasteiger partial charge on any atom is 0.276 e. The van der Waals surface area contributed by atoms with Crippen LogP contribution in [0.1, 0.15) is 55.1 Å². The fourth-order valence-corrected chi connectivity index (χ4v) is 4.77. The van der Waals surface area contributed by atoms with Crippen molar-refractivity contribution in [1.29, 1.82) is 0 Å². The molecule has 2 aromatic rings. The predicted molar refractivity (Wildman–Crippen MR) is 113 cm³/mol. The fraction of sp³-hybridized carbons (Fsp3) is 0.636. The van der Waals surface area contributed by atoms with Crippen molar-refractivity contribution in [3.05, 3.63) is 33.4 Å². The molecule has 1 aliphatic carbocycles. The molecule has 3 aliphatic rings. The molecule has 1 saturated carbocycles. The summed E-state index contributed by atoms with van der Waals surface area (Å²) in [5, 5.41) is 3.20. The van der Waals surface area contributed by atoms with Crippen molar-refractivity contribution in [2.75, 3.05) is 32.8 Å². The number of H-pyrrole nitrogens is 1. The average Bonchev–Trinajstić information content (AvgIpc) is 3.36. The van der Waals surface area contributed by atoms with Crippen molar-refractivity contribution in [3.63, 3.8) is 0 Å². The molecule has 166 valence electrons. The van der Waals surface area contributed by atoms with Gasteiger partial charge in [-0.15, -0.1) is 0 Å². The lowest BCUT2D eigenvalue weighted by molar-refractivity contribution is -0.135. The molecule has 1 N–H and O–H groups in total. The average molecular weight is 428 g/mol. The summed E-state index contributed by atoms with van der Waals surface area (Å²) in [6.07, 6.45) is 4.47. The highest BCUT2D eigenvalue weighted by Gasteiger charge is 2.39. The van der Waals surface area contributed by atoms with E-state index in [1.54, 1.807) is 4.90 Å². The number of rotatable bonds is 5. The Kier molecular flexibility index (Phi) is 5.29. The van der Waals surface area contributed by atoms with Gasteiger partial charge in [0, 0.05) is 49.3 Å². The van der Waals surface area contributed by atoms with Gasteiger partial charge >= 0.3 is 0 Å². The Morgan fingerprint density at radius 1 is 1.19 bits per heavy atom. The third-order valence-corrected chi connectivity index (χ3v) is 6.71. The Bertz CT molecular complexity index is 1060. The number of carbonyl (C=O) groups excluding carboxylic acids is 2. The van der Waals surface area contributed by atoms with Crippen LogP contribution in [0.15, 0.2) is 10.9 Å². The zero-order valence-corrected chi connectivity index (χ0v) is 17.9. The van der Waals surface area contributed by atoms with Crippen molar-refractivity contribution in [2.24, 2.45) is 5.92 Å². The van der Waals surface area contributed by atoms with Crippen LogP contribution in [-0.4, -0.2) is 69.1 Å². The molecule has 31 heavy (non-hydrogen) atoms. The maximum absolute atomic E-state index is 13.2. The summed E-state index contributed by atoms with van der Waals surface area (Å²) < 4.78 is 6.76. The largest absolute Gasteiger partial charge is 0.378 e. The molecule has 0 bridgehead atoms. The number of hydrogen-bond acceptors (Lipinski definition) is 5. The van der Waals surface area contributed by atoms with Crippen LogP contribution in [0.3, 0.4) is 0 Å². The van der Waals surface area contributed by atoms with E-state index in [4.69, 9.17) is 4.74 Å². The Hall–Kier alpha value is -2.68. The smallest absolute Gasteiger partial charge is 0.276 e. The van der Waals surface area contributed by atoms with Gasteiger partial charge in [-0.2, -0.15) is 0 Å². The van der Waals surface area contributed by atoms with Crippen LogP contribution in [0, 0.1) is 12.8 Å². The number of aromatic amines is 1. The third-order valence-electron chi connectivity index (χ3n) is 6.71. The van der Waals surface area contributed by atoms with Gasteiger partial charge in [-0.05, 0) is 39.0 Å². The van der Waals surface area contributed by atoms with E-state index in [9.17, 15) is 14.4 Å². The molecule has 0 radical (unpaired) electrons. The highest BCUT2D eigenvalue weighted by Crippen LogP contribution is 2.38. The molecule has 0 aromatic carbocycles. The molecular weight excluding hydrogens is 398 g/mol. The van der Waals surface area contributed by atoms with Gasteiger partial charge in [-0.3, -0.25) is 19.5 Å². The first-order chi connectivity index (χ1) is 15.0. The van der Waals surface area contributed by atoms with Crippen molar-refractivity contribution in [2.45, 2.75) is 51.5 Å².